The van der Waals surface area contributed by atoms with Crippen molar-refractivity contribution < 1.29 is 22.7 Å². The molecule has 0 saturated heterocycles. The lowest BCUT2D eigenvalue weighted by Gasteiger charge is -2.57. The van der Waals surface area contributed by atoms with Crippen LogP contribution >= 0.6 is 11.6 Å². The van der Waals surface area contributed by atoms with E-state index < -0.39 is 10.0 Å². The number of ether oxygens (including phenoxy) is 2. The first-order chi connectivity index (χ1) is 16.7. The minimum Gasteiger partial charge on any atom is -0.493 e. The van der Waals surface area contributed by atoms with Crippen molar-refractivity contribution in [1.82, 2.24) is 5.32 Å². The third-order valence-electron chi connectivity index (χ3n) is 7.79. The minimum atomic E-state index is -4.09. The van der Waals surface area contributed by atoms with Crippen LogP contribution < -0.4 is 19.1 Å². The van der Waals surface area contributed by atoms with Gasteiger partial charge in [-0.3, -0.25) is 9.10 Å². The summed E-state index contributed by atoms with van der Waals surface area (Å²) < 4.78 is 39.3. The molecule has 0 atom stereocenters. The molecule has 0 radical (unpaired) electrons. The number of nitrogens with one attached hydrogen (secondary N) is 1. The van der Waals surface area contributed by atoms with E-state index in [0.29, 0.717) is 40.0 Å². The Bertz CT molecular complexity index is 1180. The van der Waals surface area contributed by atoms with Gasteiger partial charge in [-0.2, -0.15) is 0 Å². The van der Waals surface area contributed by atoms with Gasteiger partial charge >= 0.3 is 0 Å². The van der Waals surface area contributed by atoms with Crippen LogP contribution in [-0.4, -0.2) is 40.6 Å². The summed E-state index contributed by atoms with van der Waals surface area (Å²) in [5.74, 6) is 2.44. The van der Waals surface area contributed by atoms with Crippen LogP contribution in [0.5, 0.6) is 11.5 Å². The van der Waals surface area contributed by atoms with E-state index in [1.165, 1.54) is 45.6 Å². The second-order valence-corrected chi connectivity index (χ2v) is 12.5. The van der Waals surface area contributed by atoms with Gasteiger partial charge in [-0.05, 0) is 92.7 Å². The lowest BCUT2D eigenvalue weighted by atomic mass is 9.53. The summed E-state index contributed by atoms with van der Waals surface area (Å²) in [6.45, 7) is -0.319. The molecule has 0 spiro atoms. The van der Waals surface area contributed by atoms with Crippen molar-refractivity contribution in [3.63, 3.8) is 0 Å². The fraction of sp³-hybridized carbons (Fsp3) is 0.500. The molecule has 9 heteroatoms. The molecule has 35 heavy (non-hydrogen) atoms. The number of hydrogen-bond acceptors (Lipinski definition) is 5. The number of methoxy groups -OCH3 is 2. The second-order valence-electron chi connectivity index (χ2n) is 10.3. The van der Waals surface area contributed by atoms with Gasteiger partial charge in [0, 0.05) is 16.6 Å². The normalized spacial score (nSPS) is 26.9. The highest BCUT2D eigenvalue weighted by atomic mass is 35.5. The van der Waals surface area contributed by atoms with Crippen molar-refractivity contribution in [2.75, 3.05) is 25.1 Å². The number of sulfonamides is 1. The SMILES string of the molecule is COc1ccc(S(=O)(=O)N(CC(=O)NC23CC4CC(CC(C4)C2)C3)c2ccc(Cl)cc2)cc1OC. The molecule has 188 valence electrons. The molecule has 2 aromatic carbocycles. The van der Waals surface area contributed by atoms with Crippen LogP contribution in [0.3, 0.4) is 0 Å². The molecule has 0 aliphatic heterocycles. The highest BCUT2D eigenvalue weighted by Crippen LogP contribution is 2.55. The molecule has 6 rings (SSSR count). The number of rotatable bonds is 8. The highest BCUT2D eigenvalue weighted by molar-refractivity contribution is 7.92. The smallest absolute Gasteiger partial charge is 0.264 e. The standard InChI is InChI=1S/C26H31ClN2O5S/c1-33-23-8-7-22(12-24(23)34-2)35(31,32)29(21-5-3-20(27)4-6-21)16-25(30)28-26-13-17-9-18(14-26)11-19(10-17)15-26/h3-8,12,17-19H,9-11,13-16H2,1-2H3,(H,28,30). The quantitative estimate of drug-likeness (QED) is 0.550. The van der Waals surface area contributed by atoms with Crippen LogP contribution in [0.4, 0.5) is 5.69 Å². The molecular formula is C26H31ClN2O5S. The van der Waals surface area contributed by atoms with Gasteiger partial charge in [-0.15, -0.1) is 0 Å². The lowest BCUT2D eigenvalue weighted by molar-refractivity contribution is -0.125. The topological polar surface area (TPSA) is 84.9 Å². The second kappa shape index (κ2) is 9.21. The number of carbonyl (C=O) groups excluding carboxylic acids is 1. The van der Waals surface area contributed by atoms with Crippen molar-refractivity contribution in [3.8, 4) is 11.5 Å². The molecular weight excluding hydrogens is 488 g/mol. The molecule has 4 aliphatic carbocycles. The van der Waals surface area contributed by atoms with Gasteiger partial charge in [-0.1, -0.05) is 11.6 Å². The van der Waals surface area contributed by atoms with Gasteiger partial charge in [0.05, 0.1) is 24.8 Å². The van der Waals surface area contributed by atoms with Crippen LogP contribution in [0.15, 0.2) is 47.4 Å². The van der Waals surface area contributed by atoms with Gasteiger partial charge in [-0.25, -0.2) is 8.42 Å². The van der Waals surface area contributed by atoms with Crippen LogP contribution in [0, 0.1) is 17.8 Å². The summed E-state index contributed by atoms with van der Waals surface area (Å²) in [7, 11) is -1.16. The molecule has 1 N–H and O–H groups in total. The fourth-order valence-corrected chi connectivity index (χ4v) is 8.32. The number of amides is 1. The van der Waals surface area contributed by atoms with Crippen molar-refractivity contribution in [2.24, 2.45) is 17.8 Å². The van der Waals surface area contributed by atoms with Crippen molar-refractivity contribution in [3.05, 3.63) is 47.5 Å². The summed E-state index contributed by atoms with van der Waals surface area (Å²) in [6.07, 6.45) is 6.77. The fourth-order valence-electron chi connectivity index (χ4n) is 6.76. The minimum absolute atomic E-state index is 0.00713. The van der Waals surface area contributed by atoms with E-state index in [9.17, 15) is 13.2 Å². The average Bonchev–Trinajstić information content (AvgIpc) is 2.81. The molecule has 0 unspecified atom stereocenters. The Balaban J connectivity index is 1.44. The molecule has 7 nitrogen and oxygen atoms in total. The summed E-state index contributed by atoms with van der Waals surface area (Å²) in [6, 6.07) is 10.9. The molecule has 4 fully saturated rings. The number of nitrogens with zero attached hydrogens (tertiary/aromatic N) is 1. The molecule has 0 heterocycles. The van der Waals surface area contributed by atoms with Gasteiger partial charge in [0.15, 0.2) is 11.5 Å². The third kappa shape index (κ3) is 4.70. The van der Waals surface area contributed by atoms with Gasteiger partial charge in [0.25, 0.3) is 10.0 Å². The molecule has 1 amide bonds. The number of hydrogen-bond donors (Lipinski definition) is 1. The van der Waals surface area contributed by atoms with E-state index in [4.69, 9.17) is 21.1 Å². The summed E-state index contributed by atoms with van der Waals surface area (Å²) >= 11 is 6.05. The maximum absolute atomic E-state index is 13.8. The van der Waals surface area contributed by atoms with Gasteiger partial charge in [0.1, 0.15) is 6.54 Å². The van der Waals surface area contributed by atoms with Crippen molar-refractivity contribution in [2.45, 2.75) is 49.0 Å². The Morgan fingerprint density at radius 2 is 1.54 bits per heavy atom. The zero-order chi connectivity index (χ0) is 24.8. The Morgan fingerprint density at radius 1 is 0.971 bits per heavy atom. The van der Waals surface area contributed by atoms with Crippen molar-refractivity contribution in [1.29, 1.82) is 0 Å². The molecule has 4 saturated carbocycles. The Labute approximate surface area is 211 Å². The van der Waals surface area contributed by atoms with Crippen LogP contribution in [0.2, 0.25) is 5.02 Å². The molecule has 4 aliphatic rings. The first-order valence-corrected chi connectivity index (χ1v) is 13.8. The molecule has 2 aromatic rings. The first-order valence-electron chi connectivity index (χ1n) is 12.0. The number of anilines is 1. The largest absolute Gasteiger partial charge is 0.493 e. The van der Waals surface area contributed by atoms with E-state index in [1.807, 2.05) is 0 Å². The monoisotopic (exact) mass is 518 g/mol. The van der Waals surface area contributed by atoms with E-state index in [-0.39, 0.29) is 22.9 Å². The van der Waals surface area contributed by atoms with E-state index in [0.717, 1.165) is 23.6 Å². The number of benzene rings is 2. The van der Waals surface area contributed by atoms with Crippen LogP contribution in [0.25, 0.3) is 0 Å². The summed E-state index contributed by atoms with van der Waals surface area (Å²) in [5, 5.41) is 3.77. The van der Waals surface area contributed by atoms with Gasteiger partial charge in [0.2, 0.25) is 5.91 Å². The van der Waals surface area contributed by atoms with E-state index >= 15 is 0 Å². The molecule has 0 aromatic heterocycles. The Morgan fingerprint density at radius 3 is 2.09 bits per heavy atom. The highest BCUT2D eigenvalue weighted by Gasteiger charge is 2.51. The predicted octanol–water partition coefficient (Wildman–Crippen LogP) is 4.64. The van der Waals surface area contributed by atoms with E-state index in [2.05, 4.69) is 5.32 Å². The van der Waals surface area contributed by atoms with E-state index in [1.54, 1.807) is 30.3 Å². The summed E-state index contributed by atoms with van der Waals surface area (Å²) in [4.78, 5) is 13.4. The van der Waals surface area contributed by atoms with Gasteiger partial charge < -0.3 is 14.8 Å². The van der Waals surface area contributed by atoms with Crippen molar-refractivity contribution >= 4 is 33.2 Å². The van der Waals surface area contributed by atoms with Crippen LogP contribution in [0.1, 0.15) is 38.5 Å². The summed E-state index contributed by atoms with van der Waals surface area (Å²) in [5.41, 5.74) is 0.162. The Kier molecular flexibility index (Phi) is 6.38. The zero-order valence-electron chi connectivity index (χ0n) is 20.0. The number of carbonyl (C=O) groups is 1. The van der Waals surface area contributed by atoms with Crippen LogP contribution in [-0.2, 0) is 14.8 Å². The zero-order valence-corrected chi connectivity index (χ0v) is 21.6. The average molecular weight is 519 g/mol. The number of halogens is 1. The Hall–Kier alpha value is -2.45. The third-order valence-corrected chi connectivity index (χ3v) is 9.81. The first kappa shape index (κ1) is 24.3. The molecule has 4 bridgehead atoms. The predicted molar refractivity (Wildman–Crippen MR) is 135 cm³/mol. The maximum atomic E-state index is 13.8. The maximum Gasteiger partial charge on any atom is 0.264 e. The lowest BCUT2D eigenvalue weighted by Crippen LogP contribution is -2.61.